The van der Waals surface area contributed by atoms with E-state index in [1.807, 2.05) is 36.4 Å². The van der Waals surface area contributed by atoms with Crippen LogP contribution in [0, 0.1) is 0 Å². The average Bonchev–Trinajstić information content (AvgIpc) is 2.47. The molecule has 0 unspecified atom stereocenters. The van der Waals surface area contributed by atoms with Crippen molar-refractivity contribution in [3.05, 3.63) is 59.9 Å². The van der Waals surface area contributed by atoms with Crippen LogP contribution in [0.2, 0.25) is 0 Å². The zero-order chi connectivity index (χ0) is 14.4. The lowest BCUT2D eigenvalue weighted by Crippen LogP contribution is -2.05. The molecule has 2 rings (SSSR count). The van der Waals surface area contributed by atoms with E-state index in [0.717, 1.165) is 11.3 Å². The standard InChI is InChI=1S/C16H18N2OS/c1-12(2)14-5-7-15(8-6-14)18-16(19)20-11-13-4-3-9-17-10-13/h3-10,12H,11H2,1-2H3,(H,18,19). The molecule has 104 valence electrons. The second-order valence-corrected chi connectivity index (χ2v) is 5.79. The maximum atomic E-state index is 11.8. The summed E-state index contributed by atoms with van der Waals surface area (Å²) in [6, 6.07) is 11.8. The lowest BCUT2D eigenvalue weighted by Gasteiger charge is -2.08. The second kappa shape index (κ2) is 7.10. The van der Waals surface area contributed by atoms with Crippen molar-refractivity contribution >= 4 is 22.7 Å². The number of amides is 1. The molecule has 0 fully saturated rings. The number of benzene rings is 1. The first-order chi connectivity index (χ1) is 9.65. The summed E-state index contributed by atoms with van der Waals surface area (Å²) < 4.78 is 0. The van der Waals surface area contributed by atoms with Crippen molar-refractivity contribution in [1.29, 1.82) is 0 Å². The van der Waals surface area contributed by atoms with Crippen molar-refractivity contribution < 1.29 is 4.79 Å². The SMILES string of the molecule is CC(C)c1ccc(NC(=O)SCc2cccnc2)cc1. The Balaban J connectivity index is 1.85. The van der Waals surface area contributed by atoms with E-state index in [0.29, 0.717) is 11.7 Å². The highest BCUT2D eigenvalue weighted by Crippen LogP contribution is 2.19. The first-order valence-electron chi connectivity index (χ1n) is 6.58. The molecule has 1 aromatic heterocycles. The number of carbonyl (C=O) groups excluding carboxylic acids is 1. The number of pyridine rings is 1. The Hall–Kier alpha value is -1.81. The van der Waals surface area contributed by atoms with Gasteiger partial charge < -0.3 is 5.32 Å². The van der Waals surface area contributed by atoms with Gasteiger partial charge in [0.15, 0.2) is 0 Å². The molecule has 0 atom stereocenters. The molecule has 1 heterocycles. The van der Waals surface area contributed by atoms with Crippen LogP contribution in [-0.2, 0) is 5.75 Å². The summed E-state index contributed by atoms with van der Waals surface area (Å²) >= 11 is 1.24. The van der Waals surface area contributed by atoms with Crippen LogP contribution in [0.4, 0.5) is 10.5 Å². The quantitative estimate of drug-likeness (QED) is 0.888. The van der Waals surface area contributed by atoms with Crippen LogP contribution < -0.4 is 5.32 Å². The number of thioether (sulfide) groups is 1. The Morgan fingerprint density at radius 2 is 2.00 bits per heavy atom. The number of rotatable bonds is 4. The molecule has 0 aliphatic heterocycles. The van der Waals surface area contributed by atoms with Crippen molar-refractivity contribution in [1.82, 2.24) is 4.98 Å². The van der Waals surface area contributed by atoms with Crippen molar-refractivity contribution in [3.8, 4) is 0 Å². The molecule has 20 heavy (non-hydrogen) atoms. The summed E-state index contributed by atoms with van der Waals surface area (Å²) in [6.45, 7) is 4.30. The van der Waals surface area contributed by atoms with Crippen molar-refractivity contribution in [2.24, 2.45) is 0 Å². The predicted octanol–water partition coefficient (Wildman–Crippen LogP) is 4.67. The highest BCUT2D eigenvalue weighted by molar-refractivity contribution is 8.13. The minimum atomic E-state index is -0.0499. The third-order valence-electron chi connectivity index (χ3n) is 2.92. The van der Waals surface area contributed by atoms with Crippen LogP contribution in [0.3, 0.4) is 0 Å². The van der Waals surface area contributed by atoms with Crippen molar-refractivity contribution in [2.45, 2.75) is 25.5 Å². The molecule has 0 saturated carbocycles. The van der Waals surface area contributed by atoms with Gasteiger partial charge in [-0.05, 0) is 35.2 Å². The molecule has 0 spiro atoms. The fraction of sp³-hybridized carbons (Fsp3) is 0.250. The van der Waals surface area contributed by atoms with Crippen LogP contribution in [0.15, 0.2) is 48.8 Å². The lowest BCUT2D eigenvalue weighted by molar-refractivity contribution is 0.269. The Kier molecular flexibility index (Phi) is 5.18. The Bertz CT molecular complexity index is 552. The Morgan fingerprint density at radius 3 is 2.60 bits per heavy atom. The van der Waals surface area contributed by atoms with Gasteiger partial charge in [0.2, 0.25) is 0 Å². The maximum absolute atomic E-state index is 11.8. The van der Waals surface area contributed by atoms with E-state index < -0.39 is 0 Å². The summed E-state index contributed by atoms with van der Waals surface area (Å²) in [6.07, 6.45) is 3.50. The number of aromatic nitrogens is 1. The summed E-state index contributed by atoms with van der Waals surface area (Å²) in [5.74, 6) is 1.13. The average molecular weight is 286 g/mol. The molecule has 0 aliphatic carbocycles. The number of carbonyl (C=O) groups is 1. The third-order valence-corrected chi connectivity index (χ3v) is 3.76. The van der Waals surface area contributed by atoms with Crippen LogP contribution in [0.5, 0.6) is 0 Å². The summed E-state index contributed by atoms with van der Waals surface area (Å²) in [4.78, 5) is 15.9. The minimum Gasteiger partial charge on any atom is -0.317 e. The summed E-state index contributed by atoms with van der Waals surface area (Å²) in [5.41, 5.74) is 3.15. The second-order valence-electron chi connectivity index (χ2n) is 4.84. The molecular weight excluding hydrogens is 268 g/mol. The minimum absolute atomic E-state index is 0.0499. The Labute approximate surface area is 123 Å². The first-order valence-corrected chi connectivity index (χ1v) is 7.56. The predicted molar refractivity (Wildman–Crippen MR) is 85.1 cm³/mol. The smallest absolute Gasteiger partial charge is 0.283 e. The van der Waals surface area contributed by atoms with Gasteiger partial charge in [-0.15, -0.1) is 0 Å². The van der Waals surface area contributed by atoms with Crippen LogP contribution >= 0.6 is 11.8 Å². The van der Waals surface area contributed by atoms with Crippen LogP contribution in [-0.4, -0.2) is 10.2 Å². The number of hydrogen-bond acceptors (Lipinski definition) is 3. The van der Waals surface area contributed by atoms with Crippen molar-refractivity contribution in [3.63, 3.8) is 0 Å². The van der Waals surface area contributed by atoms with Gasteiger partial charge in [0.1, 0.15) is 0 Å². The number of nitrogens with zero attached hydrogens (tertiary/aromatic N) is 1. The van der Waals surface area contributed by atoms with Gasteiger partial charge >= 0.3 is 0 Å². The maximum Gasteiger partial charge on any atom is 0.283 e. The number of hydrogen-bond donors (Lipinski definition) is 1. The van der Waals surface area contributed by atoms with Gasteiger partial charge in [-0.1, -0.05) is 43.8 Å². The largest absolute Gasteiger partial charge is 0.317 e. The third kappa shape index (κ3) is 4.38. The first kappa shape index (κ1) is 14.6. The molecule has 4 heteroatoms. The summed E-state index contributed by atoms with van der Waals surface area (Å²) in [7, 11) is 0. The van der Waals surface area contributed by atoms with Crippen LogP contribution in [0.25, 0.3) is 0 Å². The van der Waals surface area contributed by atoms with Gasteiger partial charge in [-0.25, -0.2) is 0 Å². The topological polar surface area (TPSA) is 42.0 Å². The molecule has 1 N–H and O–H groups in total. The van der Waals surface area contributed by atoms with Gasteiger partial charge in [0, 0.05) is 23.8 Å². The van der Waals surface area contributed by atoms with E-state index in [9.17, 15) is 4.79 Å². The zero-order valence-corrected chi connectivity index (χ0v) is 12.5. The molecular formula is C16H18N2OS. The molecule has 0 radical (unpaired) electrons. The lowest BCUT2D eigenvalue weighted by atomic mass is 10.0. The fourth-order valence-corrected chi connectivity index (χ4v) is 2.40. The van der Waals surface area contributed by atoms with E-state index in [1.54, 1.807) is 12.4 Å². The van der Waals surface area contributed by atoms with E-state index in [1.165, 1.54) is 17.3 Å². The Morgan fingerprint density at radius 1 is 1.25 bits per heavy atom. The van der Waals surface area contributed by atoms with E-state index in [2.05, 4.69) is 24.1 Å². The fourth-order valence-electron chi connectivity index (χ4n) is 1.74. The summed E-state index contributed by atoms with van der Waals surface area (Å²) in [5, 5.41) is 2.83. The van der Waals surface area contributed by atoms with Crippen molar-refractivity contribution in [2.75, 3.05) is 5.32 Å². The van der Waals surface area contributed by atoms with Crippen LogP contribution in [0.1, 0.15) is 30.9 Å². The molecule has 0 saturated heterocycles. The highest BCUT2D eigenvalue weighted by atomic mass is 32.2. The molecule has 0 bridgehead atoms. The molecule has 1 amide bonds. The number of anilines is 1. The van der Waals surface area contributed by atoms with E-state index in [4.69, 9.17) is 0 Å². The normalized spacial score (nSPS) is 10.6. The molecule has 3 nitrogen and oxygen atoms in total. The van der Waals surface area contributed by atoms with E-state index >= 15 is 0 Å². The van der Waals surface area contributed by atoms with E-state index in [-0.39, 0.29) is 5.24 Å². The van der Waals surface area contributed by atoms with Gasteiger partial charge in [0.25, 0.3) is 5.24 Å². The van der Waals surface area contributed by atoms with Gasteiger partial charge in [-0.2, -0.15) is 0 Å². The molecule has 1 aromatic carbocycles. The molecule has 2 aromatic rings. The zero-order valence-electron chi connectivity index (χ0n) is 11.7. The number of nitrogens with one attached hydrogen (secondary N) is 1. The monoisotopic (exact) mass is 286 g/mol. The van der Waals surface area contributed by atoms with Gasteiger partial charge in [0.05, 0.1) is 0 Å². The highest BCUT2D eigenvalue weighted by Gasteiger charge is 2.05. The van der Waals surface area contributed by atoms with Gasteiger partial charge in [-0.3, -0.25) is 9.78 Å². The molecule has 0 aliphatic rings.